The maximum absolute atomic E-state index is 5.99. The minimum Gasteiger partial charge on any atom is -0.330 e. The lowest BCUT2D eigenvalue weighted by Gasteiger charge is -2.44. The molecule has 2 nitrogen and oxygen atoms in total. The van der Waals surface area contributed by atoms with Crippen LogP contribution in [0.25, 0.3) is 0 Å². The smallest absolute Gasteiger partial charge is 0.00474 e. The van der Waals surface area contributed by atoms with Crippen molar-refractivity contribution in [2.45, 2.75) is 66.2 Å². The zero-order valence-electron chi connectivity index (χ0n) is 13.1. The van der Waals surface area contributed by atoms with E-state index in [1.807, 2.05) is 0 Å². The van der Waals surface area contributed by atoms with E-state index in [9.17, 15) is 0 Å². The highest BCUT2D eigenvalue weighted by atomic mass is 15.1. The normalized spacial score (nSPS) is 23.8. The van der Waals surface area contributed by atoms with Gasteiger partial charge in [0, 0.05) is 6.54 Å². The van der Waals surface area contributed by atoms with Crippen LogP contribution in [0.5, 0.6) is 0 Å². The molecule has 2 N–H and O–H groups in total. The maximum atomic E-state index is 5.99. The first-order valence-electron chi connectivity index (χ1n) is 7.95. The van der Waals surface area contributed by atoms with E-state index in [2.05, 4.69) is 32.6 Å². The van der Waals surface area contributed by atoms with Crippen molar-refractivity contribution in [3.63, 3.8) is 0 Å². The third-order valence-electron chi connectivity index (χ3n) is 5.37. The van der Waals surface area contributed by atoms with E-state index in [0.29, 0.717) is 10.8 Å². The Balaban J connectivity index is 2.48. The maximum Gasteiger partial charge on any atom is 0.00474 e. The molecule has 0 aromatic rings. The van der Waals surface area contributed by atoms with Gasteiger partial charge < -0.3 is 10.6 Å². The van der Waals surface area contributed by atoms with Crippen molar-refractivity contribution >= 4 is 0 Å². The van der Waals surface area contributed by atoms with E-state index in [0.717, 1.165) is 6.54 Å². The average molecular weight is 254 g/mol. The van der Waals surface area contributed by atoms with Gasteiger partial charge in [0.05, 0.1) is 0 Å². The second-order valence-electron chi connectivity index (χ2n) is 6.75. The average Bonchev–Trinajstić information content (AvgIpc) is 2.40. The summed E-state index contributed by atoms with van der Waals surface area (Å²) < 4.78 is 0. The van der Waals surface area contributed by atoms with Gasteiger partial charge in [-0.2, -0.15) is 0 Å². The van der Waals surface area contributed by atoms with E-state index < -0.39 is 0 Å². The largest absolute Gasteiger partial charge is 0.330 e. The Morgan fingerprint density at radius 3 is 2.06 bits per heavy atom. The van der Waals surface area contributed by atoms with Crippen LogP contribution in [0.4, 0.5) is 0 Å². The number of piperidine rings is 1. The van der Waals surface area contributed by atoms with Crippen molar-refractivity contribution in [2.24, 2.45) is 16.6 Å². The van der Waals surface area contributed by atoms with E-state index in [1.54, 1.807) is 0 Å². The topological polar surface area (TPSA) is 29.3 Å². The SMILES string of the molecule is CCCC(C)(CN)CN1CCC(CC)(CC)CC1. The third kappa shape index (κ3) is 3.96. The molecule has 108 valence electrons. The molecule has 1 aliphatic heterocycles. The molecule has 0 aromatic carbocycles. The number of rotatable bonds is 7. The minimum absolute atomic E-state index is 0.327. The molecule has 1 atom stereocenters. The quantitative estimate of drug-likeness (QED) is 0.751. The van der Waals surface area contributed by atoms with Crippen LogP contribution in [0.1, 0.15) is 66.2 Å². The molecule has 0 spiro atoms. The van der Waals surface area contributed by atoms with E-state index in [4.69, 9.17) is 5.73 Å². The minimum atomic E-state index is 0.327. The first-order valence-corrected chi connectivity index (χ1v) is 7.95. The van der Waals surface area contributed by atoms with Gasteiger partial charge >= 0.3 is 0 Å². The van der Waals surface area contributed by atoms with Gasteiger partial charge in [0.25, 0.3) is 0 Å². The Kier molecular flexibility index (Phi) is 6.13. The summed E-state index contributed by atoms with van der Waals surface area (Å²) in [6.07, 6.45) is 7.96. The Morgan fingerprint density at radius 2 is 1.67 bits per heavy atom. The fourth-order valence-electron chi connectivity index (χ4n) is 3.53. The highest BCUT2D eigenvalue weighted by molar-refractivity contribution is 4.87. The first kappa shape index (κ1) is 16.0. The Bertz CT molecular complexity index is 225. The van der Waals surface area contributed by atoms with Gasteiger partial charge in [-0.25, -0.2) is 0 Å². The molecule has 0 bridgehead atoms. The van der Waals surface area contributed by atoms with Gasteiger partial charge in [0.2, 0.25) is 0 Å². The molecule has 1 unspecified atom stereocenters. The Hall–Kier alpha value is -0.0800. The van der Waals surface area contributed by atoms with Crippen LogP contribution in [0.15, 0.2) is 0 Å². The summed E-state index contributed by atoms with van der Waals surface area (Å²) in [5.74, 6) is 0. The summed E-state index contributed by atoms with van der Waals surface area (Å²) in [5.41, 5.74) is 6.96. The van der Waals surface area contributed by atoms with Crippen LogP contribution in [0, 0.1) is 10.8 Å². The third-order valence-corrected chi connectivity index (χ3v) is 5.37. The van der Waals surface area contributed by atoms with Gasteiger partial charge in [0.1, 0.15) is 0 Å². The zero-order chi connectivity index (χ0) is 13.6. The first-order chi connectivity index (χ1) is 8.53. The lowest BCUT2D eigenvalue weighted by molar-refractivity contribution is 0.0638. The fraction of sp³-hybridized carbons (Fsp3) is 1.00. The highest BCUT2D eigenvalue weighted by Gasteiger charge is 2.33. The molecular weight excluding hydrogens is 220 g/mol. The van der Waals surface area contributed by atoms with Gasteiger partial charge in [-0.1, -0.05) is 47.0 Å². The second-order valence-corrected chi connectivity index (χ2v) is 6.75. The van der Waals surface area contributed by atoms with Crippen molar-refractivity contribution in [3.05, 3.63) is 0 Å². The van der Waals surface area contributed by atoms with E-state index in [1.165, 1.54) is 58.2 Å². The van der Waals surface area contributed by atoms with E-state index in [-0.39, 0.29) is 0 Å². The molecule has 0 amide bonds. The van der Waals surface area contributed by atoms with Crippen LogP contribution < -0.4 is 5.73 Å². The van der Waals surface area contributed by atoms with Gasteiger partial charge in [0.15, 0.2) is 0 Å². The molecule has 2 heteroatoms. The molecular formula is C16H34N2. The summed E-state index contributed by atoms with van der Waals surface area (Å²) in [5, 5.41) is 0. The lowest BCUT2D eigenvalue weighted by Crippen LogP contribution is -2.46. The molecule has 1 fully saturated rings. The number of nitrogens with two attached hydrogens (primary N) is 1. The molecule has 1 rings (SSSR count). The summed E-state index contributed by atoms with van der Waals surface area (Å²) in [6.45, 7) is 13.9. The molecule has 1 saturated heterocycles. The Morgan fingerprint density at radius 1 is 1.11 bits per heavy atom. The monoisotopic (exact) mass is 254 g/mol. The standard InChI is InChI=1S/C16H34N2/c1-5-8-15(4,13-17)14-18-11-9-16(6-2,7-3)10-12-18/h5-14,17H2,1-4H3. The molecule has 0 saturated carbocycles. The van der Waals surface area contributed by atoms with Crippen LogP contribution in [-0.4, -0.2) is 31.1 Å². The second kappa shape index (κ2) is 6.91. The number of hydrogen-bond acceptors (Lipinski definition) is 2. The predicted octanol–water partition coefficient (Wildman–Crippen LogP) is 3.65. The molecule has 0 aliphatic carbocycles. The van der Waals surface area contributed by atoms with Crippen LogP contribution in [-0.2, 0) is 0 Å². The fourth-order valence-corrected chi connectivity index (χ4v) is 3.53. The highest BCUT2D eigenvalue weighted by Crippen LogP contribution is 2.38. The number of hydrogen-bond donors (Lipinski definition) is 1. The van der Waals surface area contributed by atoms with E-state index >= 15 is 0 Å². The van der Waals surface area contributed by atoms with Crippen LogP contribution in [0.2, 0.25) is 0 Å². The zero-order valence-corrected chi connectivity index (χ0v) is 13.1. The summed E-state index contributed by atoms with van der Waals surface area (Å²) in [6, 6.07) is 0. The molecule has 18 heavy (non-hydrogen) atoms. The predicted molar refractivity (Wildman–Crippen MR) is 80.8 cm³/mol. The Labute approximate surface area is 114 Å². The van der Waals surface area contributed by atoms with Crippen molar-refractivity contribution in [2.75, 3.05) is 26.2 Å². The van der Waals surface area contributed by atoms with Crippen molar-refractivity contribution in [1.82, 2.24) is 4.90 Å². The molecule has 1 aliphatic rings. The summed E-state index contributed by atoms with van der Waals surface area (Å²) >= 11 is 0. The van der Waals surface area contributed by atoms with Gasteiger partial charge in [-0.15, -0.1) is 0 Å². The summed E-state index contributed by atoms with van der Waals surface area (Å²) in [7, 11) is 0. The summed E-state index contributed by atoms with van der Waals surface area (Å²) in [4.78, 5) is 2.66. The molecule has 0 radical (unpaired) electrons. The van der Waals surface area contributed by atoms with Crippen molar-refractivity contribution < 1.29 is 0 Å². The lowest BCUT2D eigenvalue weighted by atomic mass is 9.73. The van der Waals surface area contributed by atoms with Gasteiger partial charge in [-0.3, -0.25) is 0 Å². The van der Waals surface area contributed by atoms with Crippen LogP contribution >= 0.6 is 0 Å². The van der Waals surface area contributed by atoms with Crippen LogP contribution in [0.3, 0.4) is 0 Å². The van der Waals surface area contributed by atoms with Gasteiger partial charge in [-0.05, 0) is 49.7 Å². The molecule has 1 heterocycles. The number of likely N-dealkylation sites (tertiary alicyclic amines) is 1. The molecule has 0 aromatic heterocycles. The van der Waals surface area contributed by atoms with Crippen molar-refractivity contribution in [1.29, 1.82) is 0 Å². The number of nitrogens with zero attached hydrogens (tertiary/aromatic N) is 1. The van der Waals surface area contributed by atoms with Crippen molar-refractivity contribution in [3.8, 4) is 0 Å².